The van der Waals surface area contributed by atoms with Gasteiger partial charge < -0.3 is 10.6 Å². The van der Waals surface area contributed by atoms with Crippen LogP contribution in [0.15, 0.2) is 6.07 Å². The minimum atomic E-state index is -0.518. The number of likely N-dealkylation sites (tertiary alicyclic amines) is 1. The number of nitrogens with zero attached hydrogens (tertiary/aromatic N) is 2. The lowest BCUT2D eigenvalue weighted by Crippen LogP contribution is -2.37. The number of amides is 2. The van der Waals surface area contributed by atoms with Crippen LogP contribution in [0.25, 0.3) is 0 Å². The van der Waals surface area contributed by atoms with Gasteiger partial charge in [0.05, 0.1) is 0 Å². The number of aromatic amines is 1. The number of rotatable bonds is 3. The van der Waals surface area contributed by atoms with Crippen LogP contribution in [0.3, 0.4) is 0 Å². The molecule has 1 aliphatic rings. The predicted molar refractivity (Wildman–Crippen MR) is 66.0 cm³/mol. The average Bonchev–Trinajstić information content (AvgIpc) is 2.88. The van der Waals surface area contributed by atoms with Crippen molar-refractivity contribution < 1.29 is 9.59 Å². The van der Waals surface area contributed by atoms with Gasteiger partial charge in [0.2, 0.25) is 5.91 Å². The van der Waals surface area contributed by atoms with Crippen LogP contribution in [0, 0.1) is 0 Å². The van der Waals surface area contributed by atoms with Gasteiger partial charge in [0.25, 0.3) is 5.91 Å². The summed E-state index contributed by atoms with van der Waals surface area (Å²) in [6.45, 7) is 3.41. The molecule has 0 atom stereocenters. The second-order valence-electron chi connectivity index (χ2n) is 4.58. The van der Waals surface area contributed by atoms with Crippen LogP contribution in [-0.4, -0.2) is 40.0 Å². The molecule has 0 aromatic carbocycles. The van der Waals surface area contributed by atoms with E-state index < -0.39 is 5.91 Å². The Morgan fingerprint density at radius 2 is 2.17 bits per heavy atom. The lowest BCUT2D eigenvalue weighted by Gasteiger charge is -2.31. The molecule has 98 valence electrons. The number of nitrogens with two attached hydrogens (primary N) is 1. The lowest BCUT2D eigenvalue weighted by atomic mass is 9.93. The van der Waals surface area contributed by atoms with E-state index in [-0.39, 0.29) is 11.6 Å². The summed E-state index contributed by atoms with van der Waals surface area (Å²) in [7, 11) is 0. The fourth-order valence-electron chi connectivity index (χ4n) is 2.34. The number of H-pyrrole nitrogens is 1. The minimum absolute atomic E-state index is 0.205. The highest BCUT2D eigenvalue weighted by Gasteiger charge is 2.24. The minimum Gasteiger partial charge on any atom is -0.364 e. The largest absolute Gasteiger partial charge is 0.364 e. The number of hydrogen-bond donors (Lipinski definition) is 2. The summed E-state index contributed by atoms with van der Waals surface area (Å²) in [5.74, 6) is 0.0125. The van der Waals surface area contributed by atoms with Crippen molar-refractivity contribution in [2.24, 2.45) is 5.73 Å². The van der Waals surface area contributed by atoms with Gasteiger partial charge in [-0.2, -0.15) is 5.10 Å². The van der Waals surface area contributed by atoms with Crippen molar-refractivity contribution in [1.82, 2.24) is 15.1 Å². The summed E-state index contributed by atoms with van der Waals surface area (Å²) in [6.07, 6.45) is 2.35. The number of primary amides is 1. The van der Waals surface area contributed by atoms with Gasteiger partial charge in [0.15, 0.2) is 0 Å². The summed E-state index contributed by atoms with van der Waals surface area (Å²) in [5, 5.41) is 6.74. The standard InChI is InChI=1S/C12H18N4O2/c1-2-11(17)16-5-3-8(4-6-16)9-7-10(12(13)18)15-14-9/h7-8H,2-6H2,1H3,(H2,13,18)(H,14,15). The quantitative estimate of drug-likeness (QED) is 0.823. The highest BCUT2D eigenvalue weighted by atomic mass is 16.2. The van der Waals surface area contributed by atoms with Gasteiger partial charge in [-0.05, 0) is 18.9 Å². The van der Waals surface area contributed by atoms with E-state index in [4.69, 9.17) is 5.73 Å². The monoisotopic (exact) mass is 250 g/mol. The predicted octanol–water partition coefficient (Wildman–Crippen LogP) is 0.625. The molecular formula is C12H18N4O2. The first-order valence-electron chi connectivity index (χ1n) is 6.24. The van der Waals surface area contributed by atoms with Gasteiger partial charge in [-0.15, -0.1) is 0 Å². The number of aromatic nitrogens is 2. The van der Waals surface area contributed by atoms with Gasteiger partial charge in [0, 0.05) is 31.1 Å². The Hall–Kier alpha value is -1.85. The third-order valence-corrected chi connectivity index (χ3v) is 3.44. The van der Waals surface area contributed by atoms with E-state index in [1.807, 2.05) is 11.8 Å². The molecule has 3 N–H and O–H groups in total. The van der Waals surface area contributed by atoms with E-state index in [0.717, 1.165) is 31.6 Å². The van der Waals surface area contributed by atoms with Gasteiger partial charge in [-0.25, -0.2) is 0 Å². The van der Waals surface area contributed by atoms with Crippen molar-refractivity contribution in [2.75, 3.05) is 13.1 Å². The summed E-state index contributed by atoms with van der Waals surface area (Å²) in [4.78, 5) is 24.4. The molecule has 1 aromatic rings. The van der Waals surface area contributed by atoms with Gasteiger partial charge in [-0.3, -0.25) is 14.7 Å². The lowest BCUT2D eigenvalue weighted by molar-refractivity contribution is -0.131. The van der Waals surface area contributed by atoms with Gasteiger partial charge >= 0.3 is 0 Å². The van der Waals surface area contributed by atoms with Crippen LogP contribution >= 0.6 is 0 Å². The first-order chi connectivity index (χ1) is 8.61. The molecule has 1 fully saturated rings. The second-order valence-corrected chi connectivity index (χ2v) is 4.58. The molecule has 0 radical (unpaired) electrons. The molecule has 2 rings (SSSR count). The summed E-state index contributed by atoms with van der Waals surface area (Å²) in [5.41, 5.74) is 6.37. The number of hydrogen-bond acceptors (Lipinski definition) is 3. The molecule has 0 bridgehead atoms. The zero-order valence-corrected chi connectivity index (χ0v) is 10.5. The first kappa shape index (κ1) is 12.6. The van der Waals surface area contributed by atoms with Crippen LogP contribution in [-0.2, 0) is 4.79 Å². The SMILES string of the molecule is CCC(=O)N1CCC(c2cc(C(N)=O)n[nH]2)CC1. The molecule has 0 aliphatic carbocycles. The molecule has 2 amide bonds. The van der Waals surface area contributed by atoms with Crippen LogP contribution in [0.1, 0.15) is 48.3 Å². The van der Waals surface area contributed by atoms with Crippen LogP contribution in [0.4, 0.5) is 0 Å². The Morgan fingerprint density at radius 3 is 2.67 bits per heavy atom. The highest BCUT2D eigenvalue weighted by molar-refractivity contribution is 5.90. The van der Waals surface area contributed by atoms with E-state index >= 15 is 0 Å². The molecular weight excluding hydrogens is 232 g/mol. The smallest absolute Gasteiger partial charge is 0.269 e. The van der Waals surface area contributed by atoms with Crippen molar-refractivity contribution >= 4 is 11.8 Å². The number of nitrogens with one attached hydrogen (secondary N) is 1. The average molecular weight is 250 g/mol. The third kappa shape index (κ3) is 2.52. The fraction of sp³-hybridized carbons (Fsp3) is 0.583. The van der Waals surface area contributed by atoms with E-state index in [1.165, 1.54) is 0 Å². The van der Waals surface area contributed by atoms with Gasteiger partial charge in [0.1, 0.15) is 5.69 Å². The van der Waals surface area contributed by atoms with Crippen molar-refractivity contribution in [2.45, 2.75) is 32.1 Å². The van der Waals surface area contributed by atoms with Crippen LogP contribution in [0.2, 0.25) is 0 Å². The Bertz CT molecular complexity index is 447. The Labute approximate surface area is 106 Å². The van der Waals surface area contributed by atoms with Crippen molar-refractivity contribution in [3.63, 3.8) is 0 Å². The molecule has 1 saturated heterocycles. The molecule has 6 nitrogen and oxygen atoms in total. The molecule has 18 heavy (non-hydrogen) atoms. The summed E-state index contributed by atoms with van der Waals surface area (Å²) in [6, 6.07) is 1.71. The second kappa shape index (κ2) is 5.20. The van der Waals surface area contributed by atoms with E-state index in [0.29, 0.717) is 12.3 Å². The maximum Gasteiger partial charge on any atom is 0.269 e. The molecule has 6 heteroatoms. The highest BCUT2D eigenvalue weighted by Crippen LogP contribution is 2.27. The normalized spacial score (nSPS) is 16.8. The van der Waals surface area contributed by atoms with E-state index in [2.05, 4.69) is 10.2 Å². The number of carbonyl (C=O) groups excluding carboxylic acids is 2. The topological polar surface area (TPSA) is 92.1 Å². The number of carbonyl (C=O) groups is 2. The van der Waals surface area contributed by atoms with E-state index in [1.54, 1.807) is 6.07 Å². The summed E-state index contributed by atoms with van der Waals surface area (Å²) >= 11 is 0. The summed E-state index contributed by atoms with van der Waals surface area (Å²) < 4.78 is 0. The Balaban J connectivity index is 1.96. The molecule has 1 aromatic heterocycles. The van der Waals surface area contributed by atoms with Crippen molar-refractivity contribution in [3.05, 3.63) is 17.5 Å². The number of piperidine rings is 1. The molecule has 1 aliphatic heterocycles. The molecule has 0 unspecified atom stereocenters. The van der Waals surface area contributed by atoms with Crippen LogP contribution < -0.4 is 5.73 Å². The van der Waals surface area contributed by atoms with E-state index in [9.17, 15) is 9.59 Å². The van der Waals surface area contributed by atoms with Crippen LogP contribution in [0.5, 0.6) is 0 Å². The fourth-order valence-corrected chi connectivity index (χ4v) is 2.34. The Kier molecular flexibility index (Phi) is 3.64. The third-order valence-electron chi connectivity index (χ3n) is 3.44. The zero-order valence-electron chi connectivity index (χ0n) is 10.5. The Morgan fingerprint density at radius 1 is 1.50 bits per heavy atom. The van der Waals surface area contributed by atoms with Crippen molar-refractivity contribution in [3.8, 4) is 0 Å². The maximum atomic E-state index is 11.5. The maximum absolute atomic E-state index is 11.5. The van der Waals surface area contributed by atoms with Gasteiger partial charge in [-0.1, -0.05) is 6.92 Å². The molecule has 2 heterocycles. The molecule has 0 spiro atoms. The first-order valence-corrected chi connectivity index (χ1v) is 6.24. The van der Waals surface area contributed by atoms with Crippen molar-refractivity contribution in [1.29, 1.82) is 0 Å². The molecule has 0 saturated carbocycles. The zero-order chi connectivity index (χ0) is 13.1.